The third-order valence-electron chi connectivity index (χ3n) is 7.00. The number of carbonyl (C=O) groups excluding carboxylic acids is 1. The first kappa shape index (κ1) is 18.9. The maximum absolute atomic E-state index is 13.3. The average Bonchev–Trinajstić information content (AvgIpc) is 3.18. The molecule has 3 fully saturated rings. The summed E-state index contributed by atoms with van der Waals surface area (Å²) in [7, 11) is 0. The molecule has 3 aliphatic rings. The van der Waals surface area contributed by atoms with Crippen LogP contribution in [0.5, 0.6) is 0 Å². The number of ether oxygens (including phenoxy) is 1. The fourth-order valence-electron chi connectivity index (χ4n) is 5.04. The van der Waals surface area contributed by atoms with E-state index in [2.05, 4.69) is 26.7 Å². The van der Waals surface area contributed by atoms with Gasteiger partial charge in [0.1, 0.15) is 5.82 Å². The second-order valence-electron chi connectivity index (χ2n) is 8.58. The van der Waals surface area contributed by atoms with Gasteiger partial charge in [-0.1, -0.05) is 0 Å². The largest absolute Gasteiger partial charge is 0.381 e. The zero-order chi connectivity index (χ0) is 18.7. The molecule has 6 nitrogen and oxygen atoms in total. The number of imidazole rings is 1. The number of nitrogens with one attached hydrogen (secondary N) is 1. The molecule has 150 valence electrons. The van der Waals surface area contributed by atoms with Crippen LogP contribution in [0, 0.1) is 11.3 Å². The summed E-state index contributed by atoms with van der Waals surface area (Å²) < 4.78 is 7.62. The molecule has 4 rings (SSSR count). The number of hydrogen-bond donors (Lipinski definition) is 1. The van der Waals surface area contributed by atoms with Crippen LogP contribution in [0.25, 0.3) is 0 Å². The first-order chi connectivity index (χ1) is 13.2. The van der Waals surface area contributed by atoms with Crippen LogP contribution in [0.1, 0.15) is 57.7 Å². The minimum absolute atomic E-state index is 0.326. The maximum atomic E-state index is 13.3. The van der Waals surface area contributed by atoms with Crippen molar-refractivity contribution in [3.63, 3.8) is 0 Å². The van der Waals surface area contributed by atoms with Crippen molar-refractivity contribution in [2.75, 3.05) is 26.3 Å². The fourth-order valence-corrected chi connectivity index (χ4v) is 5.04. The summed E-state index contributed by atoms with van der Waals surface area (Å²) in [6, 6.07) is 0.406. The Kier molecular flexibility index (Phi) is 5.83. The quantitative estimate of drug-likeness (QED) is 0.797. The van der Waals surface area contributed by atoms with Crippen LogP contribution in [0.15, 0.2) is 12.4 Å². The molecule has 0 unspecified atom stereocenters. The molecule has 1 atom stereocenters. The first-order valence-electron chi connectivity index (χ1n) is 10.8. The van der Waals surface area contributed by atoms with E-state index in [1.54, 1.807) is 0 Å². The van der Waals surface area contributed by atoms with Crippen molar-refractivity contribution in [1.29, 1.82) is 0 Å². The Labute approximate surface area is 162 Å². The molecule has 0 radical (unpaired) electrons. The minimum Gasteiger partial charge on any atom is -0.381 e. The van der Waals surface area contributed by atoms with E-state index in [0.717, 1.165) is 57.9 Å². The molecule has 27 heavy (non-hydrogen) atoms. The van der Waals surface area contributed by atoms with Gasteiger partial charge in [0.15, 0.2) is 0 Å². The number of aromatic nitrogens is 2. The van der Waals surface area contributed by atoms with E-state index in [1.807, 2.05) is 12.4 Å². The molecule has 1 aromatic rings. The normalized spacial score (nSPS) is 24.9. The predicted octanol–water partition coefficient (Wildman–Crippen LogP) is 2.58. The lowest BCUT2D eigenvalue weighted by molar-refractivity contribution is -0.133. The zero-order valence-corrected chi connectivity index (χ0v) is 16.7. The monoisotopic (exact) mass is 374 g/mol. The Balaban J connectivity index is 1.43. The van der Waals surface area contributed by atoms with Gasteiger partial charge in [-0.3, -0.25) is 4.79 Å². The minimum atomic E-state index is 0.326. The van der Waals surface area contributed by atoms with Crippen LogP contribution >= 0.6 is 0 Å². The molecule has 1 spiro atoms. The van der Waals surface area contributed by atoms with Crippen molar-refractivity contribution in [2.24, 2.45) is 11.3 Å². The summed E-state index contributed by atoms with van der Waals surface area (Å²) in [6.07, 6.45) is 11.3. The number of amides is 1. The molecule has 2 saturated heterocycles. The molecule has 6 heteroatoms. The molecule has 2 aliphatic heterocycles. The standard InChI is InChI=1S/C21H34N4O2/c1-2-24-12-11-23-19(24)16-25(18-15-21(18)7-9-22-10-8-21)20(26)4-3-17-5-13-27-14-6-17/h11-12,17-18,22H,2-10,13-16H2,1H3/t18-/m1/s1. The zero-order valence-electron chi connectivity index (χ0n) is 16.7. The number of aryl methyl sites for hydroxylation is 1. The van der Waals surface area contributed by atoms with Gasteiger partial charge in [0.25, 0.3) is 0 Å². The second kappa shape index (κ2) is 8.31. The molecule has 1 aromatic heterocycles. The van der Waals surface area contributed by atoms with E-state index in [-0.39, 0.29) is 0 Å². The van der Waals surface area contributed by atoms with Crippen LogP contribution < -0.4 is 5.32 Å². The van der Waals surface area contributed by atoms with E-state index < -0.39 is 0 Å². The Hall–Kier alpha value is -1.40. The van der Waals surface area contributed by atoms with Crippen molar-refractivity contribution in [1.82, 2.24) is 19.8 Å². The van der Waals surface area contributed by atoms with Gasteiger partial charge < -0.3 is 19.5 Å². The molecule has 1 N–H and O–H groups in total. The van der Waals surface area contributed by atoms with Crippen LogP contribution in [-0.2, 0) is 22.6 Å². The first-order valence-corrected chi connectivity index (χ1v) is 10.8. The maximum Gasteiger partial charge on any atom is 0.223 e. The van der Waals surface area contributed by atoms with Gasteiger partial charge in [-0.2, -0.15) is 0 Å². The Bertz CT molecular complexity index is 632. The predicted molar refractivity (Wildman–Crippen MR) is 104 cm³/mol. The van der Waals surface area contributed by atoms with Gasteiger partial charge in [-0.15, -0.1) is 0 Å². The van der Waals surface area contributed by atoms with Gasteiger partial charge in [0.05, 0.1) is 6.54 Å². The third kappa shape index (κ3) is 4.21. The molecule has 0 aromatic carbocycles. The lowest BCUT2D eigenvalue weighted by Gasteiger charge is -2.30. The van der Waals surface area contributed by atoms with Gasteiger partial charge >= 0.3 is 0 Å². The summed E-state index contributed by atoms with van der Waals surface area (Å²) in [5, 5.41) is 3.47. The van der Waals surface area contributed by atoms with Gasteiger partial charge in [-0.25, -0.2) is 4.98 Å². The summed E-state index contributed by atoms with van der Waals surface area (Å²) >= 11 is 0. The molecule has 1 saturated carbocycles. The number of hydrogen-bond acceptors (Lipinski definition) is 4. The smallest absolute Gasteiger partial charge is 0.223 e. The molecule has 0 bridgehead atoms. The number of rotatable bonds is 7. The van der Waals surface area contributed by atoms with E-state index in [1.165, 1.54) is 19.3 Å². The van der Waals surface area contributed by atoms with Crippen LogP contribution in [-0.4, -0.2) is 52.7 Å². The van der Waals surface area contributed by atoms with Crippen molar-refractivity contribution in [2.45, 2.75) is 71.0 Å². The molecule has 1 amide bonds. The second-order valence-corrected chi connectivity index (χ2v) is 8.58. The Morgan fingerprint density at radius 3 is 2.89 bits per heavy atom. The highest BCUT2D eigenvalue weighted by atomic mass is 16.5. The molecular weight excluding hydrogens is 340 g/mol. The summed E-state index contributed by atoms with van der Waals surface area (Å²) in [5.74, 6) is 2.00. The number of piperidine rings is 1. The SMILES string of the molecule is CCn1ccnc1CN(C(=O)CCC1CCOCC1)[C@@H]1CC12CCNCC2. The summed E-state index contributed by atoms with van der Waals surface area (Å²) in [6.45, 7) is 7.58. The molecular formula is C21H34N4O2. The van der Waals surface area contributed by atoms with Gasteiger partial charge in [0, 0.05) is 44.6 Å². The Morgan fingerprint density at radius 2 is 2.15 bits per heavy atom. The summed E-state index contributed by atoms with van der Waals surface area (Å²) in [4.78, 5) is 20.0. The highest BCUT2D eigenvalue weighted by molar-refractivity contribution is 5.77. The number of nitrogens with zero attached hydrogens (tertiary/aromatic N) is 3. The molecule has 1 aliphatic carbocycles. The number of carbonyl (C=O) groups is 1. The van der Waals surface area contributed by atoms with Crippen molar-refractivity contribution in [3.8, 4) is 0 Å². The van der Waals surface area contributed by atoms with Crippen LogP contribution in [0.4, 0.5) is 0 Å². The highest BCUT2D eigenvalue weighted by Crippen LogP contribution is 2.56. The highest BCUT2D eigenvalue weighted by Gasteiger charge is 2.57. The Morgan fingerprint density at radius 1 is 1.37 bits per heavy atom. The topological polar surface area (TPSA) is 59.4 Å². The van der Waals surface area contributed by atoms with E-state index in [4.69, 9.17) is 4.74 Å². The van der Waals surface area contributed by atoms with Gasteiger partial charge in [-0.05, 0) is 69.9 Å². The van der Waals surface area contributed by atoms with Crippen LogP contribution in [0.3, 0.4) is 0 Å². The van der Waals surface area contributed by atoms with Crippen molar-refractivity contribution in [3.05, 3.63) is 18.2 Å². The van der Waals surface area contributed by atoms with E-state index >= 15 is 0 Å². The van der Waals surface area contributed by atoms with Crippen molar-refractivity contribution >= 4 is 5.91 Å². The third-order valence-corrected chi connectivity index (χ3v) is 7.00. The molecule has 3 heterocycles. The van der Waals surface area contributed by atoms with Gasteiger partial charge in [0.2, 0.25) is 5.91 Å². The lowest BCUT2D eigenvalue weighted by atomic mass is 9.93. The lowest BCUT2D eigenvalue weighted by Crippen LogP contribution is -2.39. The van der Waals surface area contributed by atoms with E-state index in [9.17, 15) is 4.79 Å². The van der Waals surface area contributed by atoms with Crippen molar-refractivity contribution < 1.29 is 9.53 Å². The summed E-state index contributed by atoms with van der Waals surface area (Å²) in [5.41, 5.74) is 0.364. The van der Waals surface area contributed by atoms with E-state index in [0.29, 0.717) is 36.2 Å². The van der Waals surface area contributed by atoms with Crippen LogP contribution in [0.2, 0.25) is 0 Å². The fraction of sp³-hybridized carbons (Fsp3) is 0.810. The average molecular weight is 375 g/mol.